The van der Waals surface area contributed by atoms with Crippen LogP contribution in [0.15, 0.2) is 59.5 Å². The van der Waals surface area contributed by atoms with Gasteiger partial charge >= 0.3 is 5.97 Å². The summed E-state index contributed by atoms with van der Waals surface area (Å²) in [6, 6.07) is 18.3. The third kappa shape index (κ3) is 4.82. The minimum Gasteiger partial charge on any atom is -0.489 e. The highest BCUT2D eigenvalue weighted by Gasteiger charge is 2.40. The fourth-order valence-corrected chi connectivity index (χ4v) is 4.69. The Morgan fingerprint density at radius 1 is 1.04 bits per heavy atom. The Kier molecular flexibility index (Phi) is 6.62. The van der Waals surface area contributed by atoms with Gasteiger partial charge in [-0.2, -0.15) is 0 Å². The van der Waals surface area contributed by atoms with Crippen LogP contribution < -0.4 is 4.74 Å². The Hall–Kier alpha value is -1.94. The van der Waals surface area contributed by atoms with Gasteiger partial charge in [0.05, 0.1) is 12.5 Å². The SMILES string of the molecule is COC(=O)C1(CSc2cccc(OCc3ccccc3)c2)CCCCC1. The van der Waals surface area contributed by atoms with Crippen molar-refractivity contribution >= 4 is 17.7 Å². The molecule has 0 bridgehead atoms. The van der Waals surface area contributed by atoms with E-state index in [0.29, 0.717) is 6.61 Å². The Balaban J connectivity index is 1.61. The van der Waals surface area contributed by atoms with Crippen LogP contribution >= 0.6 is 11.8 Å². The summed E-state index contributed by atoms with van der Waals surface area (Å²) in [4.78, 5) is 13.5. The highest BCUT2D eigenvalue weighted by molar-refractivity contribution is 7.99. The van der Waals surface area contributed by atoms with Crippen molar-refractivity contribution in [3.63, 3.8) is 0 Å². The van der Waals surface area contributed by atoms with Crippen molar-refractivity contribution in [2.75, 3.05) is 12.9 Å². The molecule has 0 amide bonds. The number of benzene rings is 2. The zero-order chi connectivity index (χ0) is 18.2. The molecule has 0 radical (unpaired) electrons. The topological polar surface area (TPSA) is 35.5 Å². The van der Waals surface area contributed by atoms with Crippen LogP contribution in [0.4, 0.5) is 0 Å². The normalized spacial score (nSPS) is 16.0. The molecule has 0 N–H and O–H groups in total. The monoisotopic (exact) mass is 370 g/mol. The van der Waals surface area contributed by atoms with E-state index in [-0.39, 0.29) is 11.4 Å². The Morgan fingerprint density at radius 3 is 2.54 bits per heavy atom. The first-order chi connectivity index (χ1) is 12.7. The Bertz CT molecular complexity index is 708. The van der Waals surface area contributed by atoms with Gasteiger partial charge in [-0.15, -0.1) is 11.8 Å². The molecule has 1 aliphatic rings. The van der Waals surface area contributed by atoms with Crippen LogP contribution in [0.5, 0.6) is 5.75 Å². The van der Waals surface area contributed by atoms with E-state index >= 15 is 0 Å². The summed E-state index contributed by atoms with van der Waals surface area (Å²) in [5.41, 5.74) is 0.816. The van der Waals surface area contributed by atoms with Crippen molar-refractivity contribution in [3.8, 4) is 5.75 Å². The molecule has 3 nitrogen and oxygen atoms in total. The number of hydrogen-bond donors (Lipinski definition) is 0. The van der Waals surface area contributed by atoms with Crippen molar-refractivity contribution < 1.29 is 14.3 Å². The molecule has 0 spiro atoms. The van der Waals surface area contributed by atoms with Gasteiger partial charge in [0.15, 0.2) is 0 Å². The van der Waals surface area contributed by atoms with Crippen LogP contribution in [0.3, 0.4) is 0 Å². The number of ether oxygens (including phenoxy) is 2. The number of methoxy groups -OCH3 is 1. The highest BCUT2D eigenvalue weighted by Crippen LogP contribution is 2.42. The van der Waals surface area contributed by atoms with E-state index in [4.69, 9.17) is 9.47 Å². The van der Waals surface area contributed by atoms with Crippen molar-refractivity contribution in [2.24, 2.45) is 5.41 Å². The van der Waals surface area contributed by atoms with Crippen LogP contribution in [-0.4, -0.2) is 18.8 Å². The van der Waals surface area contributed by atoms with Crippen molar-refractivity contribution in [1.82, 2.24) is 0 Å². The Labute approximate surface area is 160 Å². The molecule has 0 heterocycles. The molecule has 1 fully saturated rings. The average molecular weight is 371 g/mol. The second-order valence-corrected chi connectivity index (χ2v) is 7.92. The summed E-state index contributed by atoms with van der Waals surface area (Å²) in [5, 5.41) is 0. The van der Waals surface area contributed by atoms with Gasteiger partial charge in [-0.05, 0) is 36.6 Å². The zero-order valence-corrected chi connectivity index (χ0v) is 16.1. The summed E-state index contributed by atoms with van der Waals surface area (Å²) < 4.78 is 11.0. The number of esters is 1. The second-order valence-electron chi connectivity index (χ2n) is 6.87. The maximum absolute atomic E-state index is 12.4. The second kappa shape index (κ2) is 9.13. The van der Waals surface area contributed by atoms with E-state index < -0.39 is 0 Å². The summed E-state index contributed by atoms with van der Waals surface area (Å²) in [6.07, 6.45) is 5.28. The van der Waals surface area contributed by atoms with E-state index in [1.54, 1.807) is 11.8 Å². The molecule has 0 saturated heterocycles. The molecule has 0 aliphatic heterocycles. The van der Waals surface area contributed by atoms with E-state index in [1.165, 1.54) is 13.5 Å². The van der Waals surface area contributed by atoms with E-state index in [9.17, 15) is 4.79 Å². The van der Waals surface area contributed by atoms with Crippen LogP contribution in [-0.2, 0) is 16.1 Å². The molecule has 26 heavy (non-hydrogen) atoms. The van der Waals surface area contributed by atoms with Crippen LogP contribution in [0, 0.1) is 5.41 Å². The number of carbonyl (C=O) groups excluding carboxylic acids is 1. The lowest BCUT2D eigenvalue weighted by Crippen LogP contribution is -2.36. The summed E-state index contributed by atoms with van der Waals surface area (Å²) in [7, 11) is 1.50. The maximum Gasteiger partial charge on any atom is 0.312 e. The number of carbonyl (C=O) groups is 1. The van der Waals surface area contributed by atoms with Gasteiger partial charge in [0.1, 0.15) is 12.4 Å². The van der Waals surface area contributed by atoms with E-state index in [1.807, 2.05) is 30.3 Å². The van der Waals surface area contributed by atoms with Gasteiger partial charge in [0.25, 0.3) is 0 Å². The molecule has 3 rings (SSSR count). The van der Waals surface area contributed by atoms with Gasteiger partial charge in [-0.3, -0.25) is 4.79 Å². The van der Waals surface area contributed by atoms with Crippen molar-refractivity contribution in [3.05, 3.63) is 60.2 Å². The molecule has 0 atom stereocenters. The van der Waals surface area contributed by atoms with E-state index in [2.05, 4.69) is 24.3 Å². The lowest BCUT2D eigenvalue weighted by molar-refractivity contribution is -0.153. The molecule has 2 aromatic rings. The minimum absolute atomic E-state index is 0.0545. The fraction of sp³-hybridized carbons (Fsp3) is 0.409. The van der Waals surface area contributed by atoms with E-state index in [0.717, 1.165) is 47.6 Å². The van der Waals surface area contributed by atoms with Crippen molar-refractivity contribution in [1.29, 1.82) is 0 Å². The van der Waals surface area contributed by atoms with Crippen LogP contribution in [0.25, 0.3) is 0 Å². The highest BCUT2D eigenvalue weighted by atomic mass is 32.2. The van der Waals surface area contributed by atoms with Gasteiger partial charge in [-0.25, -0.2) is 0 Å². The molecular formula is C22H26O3S. The molecule has 0 aromatic heterocycles. The average Bonchev–Trinajstić information content (AvgIpc) is 2.72. The first-order valence-electron chi connectivity index (χ1n) is 9.20. The third-order valence-corrected chi connectivity index (χ3v) is 6.28. The fourth-order valence-electron chi connectivity index (χ4n) is 3.47. The molecule has 4 heteroatoms. The van der Waals surface area contributed by atoms with Gasteiger partial charge in [0, 0.05) is 10.6 Å². The number of thioether (sulfide) groups is 1. The maximum atomic E-state index is 12.4. The quantitative estimate of drug-likeness (QED) is 0.477. The minimum atomic E-state index is -0.335. The zero-order valence-electron chi connectivity index (χ0n) is 15.3. The van der Waals surface area contributed by atoms with Gasteiger partial charge in [0.2, 0.25) is 0 Å². The summed E-state index contributed by atoms with van der Waals surface area (Å²) >= 11 is 1.72. The first-order valence-corrected chi connectivity index (χ1v) is 10.2. The van der Waals surface area contributed by atoms with Gasteiger partial charge < -0.3 is 9.47 Å². The predicted molar refractivity (Wildman–Crippen MR) is 105 cm³/mol. The standard InChI is InChI=1S/C22H26O3S/c1-24-21(23)22(13-6-3-7-14-22)17-26-20-12-8-11-19(15-20)25-16-18-9-4-2-5-10-18/h2,4-5,8-12,15H,3,6-7,13-14,16-17H2,1H3. The summed E-state index contributed by atoms with van der Waals surface area (Å²) in [6.45, 7) is 0.557. The lowest BCUT2D eigenvalue weighted by atomic mass is 9.75. The molecule has 1 saturated carbocycles. The summed E-state index contributed by atoms with van der Waals surface area (Å²) in [5.74, 6) is 1.57. The molecule has 0 unspecified atom stereocenters. The van der Waals surface area contributed by atoms with Crippen LogP contribution in [0.2, 0.25) is 0 Å². The third-order valence-electron chi connectivity index (χ3n) is 5.00. The van der Waals surface area contributed by atoms with Gasteiger partial charge in [-0.1, -0.05) is 55.7 Å². The first kappa shape index (κ1) is 18.8. The number of hydrogen-bond acceptors (Lipinski definition) is 4. The van der Waals surface area contributed by atoms with Crippen LogP contribution in [0.1, 0.15) is 37.7 Å². The molecule has 1 aliphatic carbocycles. The molecule has 138 valence electrons. The Morgan fingerprint density at radius 2 is 1.81 bits per heavy atom. The predicted octanol–water partition coefficient (Wildman–Crippen LogP) is 5.48. The largest absolute Gasteiger partial charge is 0.489 e. The number of rotatable bonds is 7. The van der Waals surface area contributed by atoms with Crippen molar-refractivity contribution in [2.45, 2.75) is 43.6 Å². The molecular weight excluding hydrogens is 344 g/mol. The lowest BCUT2D eigenvalue weighted by Gasteiger charge is -2.34. The smallest absolute Gasteiger partial charge is 0.312 e. The molecule has 2 aromatic carbocycles.